The summed E-state index contributed by atoms with van der Waals surface area (Å²) in [7, 11) is 0. The average Bonchev–Trinajstić information content (AvgIpc) is 2.99. The second-order valence-corrected chi connectivity index (χ2v) is 9.72. The van der Waals surface area contributed by atoms with E-state index in [1.54, 1.807) is 0 Å². The molecule has 0 radical (unpaired) electrons. The highest BCUT2D eigenvalue weighted by atomic mass is 16.2. The minimum Gasteiger partial charge on any atom is -0.383 e. The zero-order chi connectivity index (χ0) is 24.6. The molecule has 3 amide bonds. The lowest BCUT2D eigenvalue weighted by molar-refractivity contribution is -0.146. The van der Waals surface area contributed by atoms with E-state index in [0.717, 1.165) is 4.90 Å². The van der Waals surface area contributed by atoms with Gasteiger partial charge in [-0.2, -0.15) is 0 Å². The number of nitrogens with two attached hydrogens (primary N) is 1. The molecule has 0 saturated carbocycles. The average molecular weight is 460 g/mol. The molecule has 3 rings (SSSR count). The Bertz CT molecular complexity index is 1070. The van der Waals surface area contributed by atoms with Gasteiger partial charge in [-0.05, 0) is 31.6 Å². The van der Waals surface area contributed by atoms with Crippen molar-refractivity contribution in [2.45, 2.75) is 60.0 Å². The molecule has 2 heterocycles. The van der Waals surface area contributed by atoms with Gasteiger partial charge < -0.3 is 10.6 Å². The maximum Gasteiger partial charge on any atom is 0.330 e. The van der Waals surface area contributed by atoms with Crippen LogP contribution in [0.1, 0.15) is 47.5 Å². The first kappa shape index (κ1) is 24.5. The van der Waals surface area contributed by atoms with Crippen molar-refractivity contribution in [2.75, 3.05) is 17.2 Å². The van der Waals surface area contributed by atoms with Crippen LogP contribution in [0.15, 0.2) is 21.7 Å². The molecule has 1 saturated heterocycles. The van der Waals surface area contributed by atoms with Crippen LogP contribution in [0.25, 0.3) is 0 Å². The molecule has 1 aliphatic heterocycles. The molecule has 0 aromatic carbocycles. The van der Waals surface area contributed by atoms with Crippen LogP contribution in [0.5, 0.6) is 0 Å². The molecule has 1 aromatic heterocycles. The number of allylic oxidation sites excluding steroid dienone is 2. The van der Waals surface area contributed by atoms with Crippen molar-refractivity contribution in [1.29, 1.82) is 0 Å². The predicted molar refractivity (Wildman–Crippen MR) is 124 cm³/mol. The zero-order valence-corrected chi connectivity index (χ0v) is 19.8. The molecule has 0 bridgehead atoms. The highest BCUT2D eigenvalue weighted by Crippen LogP contribution is 2.36. The number of anilines is 2. The largest absolute Gasteiger partial charge is 0.383 e. The summed E-state index contributed by atoms with van der Waals surface area (Å²) in [6.07, 6.45) is 4.70. The SMILES string of the molecule is CC(C)CN(C(=O)[C@@H](C)N1C(=O)[C@H]2CC=CC[C@H]2C1=O)c1c(N)n(CC(C)C)c(=O)[nH]c1=O. The third-order valence-electron chi connectivity index (χ3n) is 6.13. The Hall–Kier alpha value is -3.17. The van der Waals surface area contributed by atoms with E-state index in [1.807, 2.05) is 39.8 Å². The van der Waals surface area contributed by atoms with E-state index in [0.29, 0.717) is 12.8 Å². The van der Waals surface area contributed by atoms with E-state index < -0.39 is 35.0 Å². The summed E-state index contributed by atoms with van der Waals surface area (Å²) in [5.41, 5.74) is 4.67. The third kappa shape index (κ3) is 4.51. The molecule has 10 nitrogen and oxygen atoms in total. The van der Waals surface area contributed by atoms with E-state index in [4.69, 9.17) is 5.73 Å². The molecule has 180 valence electrons. The van der Waals surface area contributed by atoms with Gasteiger partial charge in [0.15, 0.2) is 5.69 Å². The standard InChI is InChI=1S/C23H33N5O5/c1-12(2)10-26(17-18(24)27(11-13(3)4)23(33)25-19(17)29)20(30)14(5)28-21(31)15-8-6-7-9-16(15)22(28)32/h6-7,12-16H,8-11,24H2,1-5H3,(H,25,29,33)/t14-,15-,16+/m1/s1. The highest BCUT2D eigenvalue weighted by Gasteiger charge is 2.50. The number of H-pyrrole nitrogens is 1. The van der Waals surface area contributed by atoms with Gasteiger partial charge in [-0.15, -0.1) is 0 Å². The molecule has 3 atom stereocenters. The van der Waals surface area contributed by atoms with Crippen LogP contribution >= 0.6 is 0 Å². The van der Waals surface area contributed by atoms with Gasteiger partial charge in [-0.3, -0.25) is 33.6 Å². The molecular weight excluding hydrogens is 426 g/mol. The van der Waals surface area contributed by atoms with Gasteiger partial charge in [0.05, 0.1) is 11.8 Å². The fraction of sp³-hybridized carbons (Fsp3) is 0.609. The second-order valence-electron chi connectivity index (χ2n) is 9.72. The summed E-state index contributed by atoms with van der Waals surface area (Å²) in [6.45, 7) is 9.40. The lowest BCUT2D eigenvalue weighted by Crippen LogP contribution is -2.52. The highest BCUT2D eigenvalue weighted by molar-refractivity contribution is 6.10. The Morgan fingerprint density at radius 3 is 2.06 bits per heavy atom. The number of amides is 3. The van der Waals surface area contributed by atoms with E-state index in [-0.39, 0.29) is 48.2 Å². The van der Waals surface area contributed by atoms with E-state index in [2.05, 4.69) is 4.98 Å². The molecule has 3 N–H and O–H groups in total. The summed E-state index contributed by atoms with van der Waals surface area (Å²) in [5.74, 6) is -2.36. The maximum absolute atomic E-state index is 13.7. The van der Waals surface area contributed by atoms with Gasteiger partial charge in [0.1, 0.15) is 11.9 Å². The van der Waals surface area contributed by atoms with Gasteiger partial charge >= 0.3 is 5.69 Å². The maximum atomic E-state index is 13.7. The fourth-order valence-electron chi connectivity index (χ4n) is 4.58. The number of nitrogens with zero attached hydrogens (tertiary/aromatic N) is 3. The smallest absolute Gasteiger partial charge is 0.330 e. The number of hydrogen-bond donors (Lipinski definition) is 2. The number of aromatic amines is 1. The van der Waals surface area contributed by atoms with E-state index >= 15 is 0 Å². The first-order valence-electron chi connectivity index (χ1n) is 11.4. The molecule has 33 heavy (non-hydrogen) atoms. The first-order chi connectivity index (χ1) is 15.5. The Balaban J connectivity index is 2.03. The normalized spacial score (nSPS) is 21.1. The number of fused-ring (bicyclic) bond motifs is 1. The Morgan fingerprint density at radius 2 is 1.58 bits per heavy atom. The van der Waals surface area contributed by atoms with Crippen LogP contribution in [0.2, 0.25) is 0 Å². The number of nitrogens with one attached hydrogen (secondary N) is 1. The molecule has 0 spiro atoms. The van der Waals surface area contributed by atoms with Crippen LogP contribution in [-0.2, 0) is 20.9 Å². The summed E-state index contributed by atoms with van der Waals surface area (Å²) >= 11 is 0. The van der Waals surface area contributed by atoms with Crippen LogP contribution in [0.3, 0.4) is 0 Å². The van der Waals surface area contributed by atoms with Crippen molar-refractivity contribution in [2.24, 2.45) is 23.7 Å². The predicted octanol–water partition coefficient (Wildman–Crippen LogP) is 1.10. The van der Waals surface area contributed by atoms with Crippen molar-refractivity contribution < 1.29 is 14.4 Å². The fourth-order valence-corrected chi connectivity index (χ4v) is 4.58. The third-order valence-corrected chi connectivity index (χ3v) is 6.13. The Morgan fingerprint density at radius 1 is 1.03 bits per heavy atom. The zero-order valence-electron chi connectivity index (χ0n) is 19.8. The van der Waals surface area contributed by atoms with Crippen molar-refractivity contribution in [3.63, 3.8) is 0 Å². The molecule has 10 heteroatoms. The Kier molecular flexibility index (Phi) is 6.94. The summed E-state index contributed by atoms with van der Waals surface area (Å²) < 4.78 is 1.24. The molecule has 1 aromatic rings. The number of carbonyl (C=O) groups excluding carboxylic acids is 3. The van der Waals surface area contributed by atoms with Crippen molar-refractivity contribution in [3.05, 3.63) is 33.0 Å². The van der Waals surface area contributed by atoms with E-state index in [9.17, 15) is 24.0 Å². The minimum absolute atomic E-state index is 0.0535. The van der Waals surface area contributed by atoms with Gasteiger partial charge in [-0.25, -0.2) is 4.79 Å². The van der Waals surface area contributed by atoms with Crippen LogP contribution < -0.4 is 21.9 Å². The lowest BCUT2D eigenvalue weighted by Gasteiger charge is -2.31. The van der Waals surface area contributed by atoms with Crippen molar-refractivity contribution in [3.8, 4) is 0 Å². The minimum atomic E-state index is -1.11. The van der Waals surface area contributed by atoms with Crippen LogP contribution in [-0.4, -0.2) is 44.8 Å². The number of likely N-dealkylation sites (tertiary alicyclic amines) is 1. The monoisotopic (exact) mass is 459 g/mol. The number of hydrogen-bond acceptors (Lipinski definition) is 6. The molecule has 1 fully saturated rings. The molecule has 2 aliphatic rings. The van der Waals surface area contributed by atoms with Crippen LogP contribution in [0, 0.1) is 23.7 Å². The number of carbonyl (C=O) groups is 3. The summed E-state index contributed by atoms with van der Waals surface area (Å²) in [5, 5.41) is 0. The molecule has 0 unspecified atom stereocenters. The number of imide groups is 1. The lowest BCUT2D eigenvalue weighted by atomic mass is 9.85. The first-order valence-corrected chi connectivity index (χ1v) is 11.4. The summed E-state index contributed by atoms with van der Waals surface area (Å²) in [6, 6.07) is -1.11. The van der Waals surface area contributed by atoms with Gasteiger partial charge in [0, 0.05) is 13.1 Å². The van der Waals surface area contributed by atoms with Gasteiger partial charge in [0.25, 0.3) is 5.56 Å². The van der Waals surface area contributed by atoms with Gasteiger partial charge in [-0.1, -0.05) is 39.8 Å². The quantitative estimate of drug-likeness (QED) is 0.462. The second kappa shape index (κ2) is 9.36. The van der Waals surface area contributed by atoms with Crippen molar-refractivity contribution >= 4 is 29.2 Å². The van der Waals surface area contributed by atoms with Crippen molar-refractivity contribution in [1.82, 2.24) is 14.5 Å². The molecular formula is C23H33N5O5. The van der Waals surface area contributed by atoms with Gasteiger partial charge in [0.2, 0.25) is 17.7 Å². The summed E-state index contributed by atoms with van der Waals surface area (Å²) in [4.78, 5) is 69.3. The number of aromatic nitrogens is 2. The molecule has 1 aliphatic carbocycles. The number of nitrogen functional groups attached to an aromatic ring is 1. The van der Waals surface area contributed by atoms with Crippen LogP contribution in [0.4, 0.5) is 11.5 Å². The Labute approximate surface area is 192 Å². The topological polar surface area (TPSA) is 139 Å². The van der Waals surface area contributed by atoms with E-state index in [1.165, 1.54) is 16.4 Å². The number of rotatable bonds is 7.